The second kappa shape index (κ2) is 4.42. The zero-order valence-corrected chi connectivity index (χ0v) is 10.7. The van der Waals surface area contributed by atoms with Crippen LogP contribution in [0.25, 0.3) is 0 Å². The van der Waals surface area contributed by atoms with Gasteiger partial charge in [-0.1, -0.05) is 18.2 Å². The zero-order chi connectivity index (χ0) is 12.5. The number of hydrogen-bond acceptors (Lipinski definition) is 4. The molecule has 1 aliphatic heterocycles. The second-order valence-corrected chi connectivity index (χ2v) is 5.06. The molecule has 4 nitrogen and oxygen atoms in total. The lowest BCUT2D eigenvalue weighted by Gasteiger charge is -2.09. The first-order valence-corrected chi connectivity index (χ1v) is 6.58. The Bertz CT molecular complexity index is 569. The van der Waals surface area contributed by atoms with Crippen LogP contribution in [0.1, 0.15) is 11.3 Å². The maximum absolute atomic E-state index is 12.0. The standard InChI is InChI=1S/C13H12N2O2S/c1-8-7-18-13(14-8)15-12(16)11-6-9-4-2-3-5-10(9)17-11/h2-5,7,11H,6H2,1H3,(H,14,15,16)/t11-/m1/s1. The Morgan fingerprint density at radius 3 is 3.06 bits per heavy atom. The molecule has 1 N–H and O–H groups in total. The molecule has 1 aromatic carbocycles. The first-order valence-electron chi connectivity index (χ1n) is 5.70. The monoisotopic (exact) mass is 260 g/mol. The number of nitrogens with zero attached hydrogens (tertiary/aromatic N) is 1. The van der Waals surface area contributed by atoms with Crippen LogP contribution in [0.15, 0.2) is 29.6 Å². The van der Waals surface area contributed by atoms with E-state index in [0.29, 0.717) is 11.6 Å². The van der Waals surface area contributed by atoms with Crippen molar-refractivity contribution >= 4 is 22.4 Å². The molecule has 2 heterocycles. The molecule has 0 saturated carbocycles. The number of aryl methyl sites for hydroxylation is 1. The molecule has 1 amide bonds. The van der Waals surface area contributed by atoms with Gasteiger partial charge in [-0.2, -0.15) is 0 Å². The molecule has 0 saturated heterocycles. The third-order valence-electron chi connectivity index (χ3n) is 2.79. The van der Waals surface area contributed by atoms with Gasteiger partial charge in [-0.05, 0) is 18.6 Å². The van der Waals surface area contributed by atoms with Crippen molar-refractivity contribution in [3.8, 4) is 5.75 Å². The topological polar surface area (TPSA) is 51.2 Å². The van der Waals surface area contributed by atoms with Gasteiger partial charge in [0, 0.05) is 11.8 Å². The van der Waals surface area contributed by atoms with E-state index in [-0.39, 0.29) is 5.91 Å². The highest BCUT2D eigenvalue weighted by Crippen LogP contribution is 2.28. The van der Waals surface area contributed by atoms with Crippen molar-refractivity contribution in [1.82, 2.24) is 4.98 Å². The normalized spacial score (nSPS) is 17.1. The molecule has 0 radical (unpaired) electrons. The molecule has 1 atom stereocenters. The van der Waals surface area contributed by atoms with E-state index in [4.69, 9.17) is 4.74 Å². The minimum Gasteiger partial charge on any atom is -0.480 e. The number of nitrogens with one attached hydrogen (secondary N) is 1. The number of ether oxygens (including phenoxy) is 1. The number of fused-ring (bicyclic) bond motifs is 1. The number of amides is 1. The quantitative estimate of drug-likeness (QED) is 0.902. The van der Waals surface area contributed by atoms with Crippen LogP contribution in [0.2, 0.25) is 0 Å². The third-order valence-corrected chi connectivity index (χ3v) is 3.66. The van der Waals surface area contributed by atoms with Gasteiger partial charge >= 0.3 is 0 Å². The van der Waals surface area contributed by atoms with Crippen LogP contribution < -0.4 is 10.1 Å². The van der Waals surface area contributed by atoms with E-state index in [1.807, 2.05) is 36.6 Å². The molecular weight excluding hydrogens is 248 g/mol. The van der Waals surface area contributed by atoms with Crippen LogP contribution in [0.4, 0.5) is 5.13 Å². The fraction of sp³-hybridized carbons (Fsp3) is 0.231. The molecule has 0 fully saturated rings. The summed E-state index contributed by atoms with van der Waals surface area (Å²) in [4.78, 5) is 16.2. The molecule has 0 unspecified atom stereocenters. The third kappa shape index (κ3) is 2.09. The average Bonchev–Trinajstić information content (AvgIpc) is 2.95. The molecular formula is C13H12N2O2S. The van der Waals surface area contributed by atoms with Crippen LogP contribution in [0.3, 0.4) is 0 Å². The van der Waals surface area contributed by atoms with E-state index in [9.17, 15) is 4.79 Å². The summed E-state index contributed by atoms with van der Waals surface area (Å²) in [7, 11) is 0. The van der Waals surface area contributed by atoms with Gasteiger partial charge in [-0.15, -0.1) is 11.3 Å². The van der Waals surface area contributed by atoms with Crippen LogP contribution in [-0.2, 0) is 11.2 Å². The summed E-state index contributed by atoms with van der Waals surface area (Å²) in [5, 5.41) is 5.31. The Labute approximate surface area is 109 Å². The highest BCUT2D eigenvalue weighted by atomic mass is 32.1. The van der Waals surface area contributed by atoms with Gasteiger partial charge in [0.15, 0.2) is 11.2 Å². The number of rotatable bonds is 2. The maximum atomic E-state index is 12.0. The van der Waals surface area contributed by atoms with E-state index in [2.05, 4.69) is 10.3 Å². The fourth-order valence-corrected chi connectivity index (χ4v) is 2.62. The van der Waals surface area contributed by atoms with Crippen LogP contribution in [0, 0.1) is 6.92 Å². The zero-order valence-electron chi connectivity index (χ0n) is 9.84. The number of carbonyl (C=O) groups is 1. The average molecular weight is 260 g/mol. The van der Waals surface area contributed by atoms with Crippen molar-refractivity contribution in [2.75, 3.05) is 5.32 Å². The van der Waals surface area contributed by atoms with Crippen molar-refractivity contribution < 1.29 is 9.53 Å². The van der Waals surface area contributed by atoms with E-state index in [0.717, 1.165) is 17.0 Å². The Morgan fingerprint density at radius 2 is 2.33 bits per heavy atom. The lowest BCUT2D eigenvalue weighted by Crippen LogP contribution is -2.31. The Kier molecular flexibility index (Phi) is 2.76. The van der Waals surface area contributed by atoms with Gasteiger partial charge in [-0.3, -0.25) is 10.1 Å². The molecule has 2 aromatic rings. The molecule has 92 valence electrons. The van der Waals surface area contributed by atoms with Crippen molar-refractivity contribution in [2.45, 2.75) is 19.4 Å². The molecule has 0 bridgehead atoms. The largest absolute Gasteiger partial charge is 0.480 e. The van der Waals surface area contributed by atoms with Gasteiger partial charge in [0.2, 0.25) is 0 Å². The van der Waals surface area contributed by atoms with Crippen LogP contribution in [-0.4, -0.2) is 17.0 Å². The fourth-order valence-electron chi connectivity index (χ4n) is 1.93. The first kappa shape index (κ1) is 11.2. The Morgan fingerprint density at radius 1 is 1.50 bits per heavy atom. The number of aromatic nitrogens is 1. The van der Waals surface area contributed by atoms with Crippen LogP contribution >= 0.6 is 11.3 Å². The molecule has 3 rings (SSSR count). The van der Waals surface area contributed by atoms with Gasteiger partial charge < -0.3 is 4.74 Å². The minimum absolute atomic E-state index is 0.138. The summed E-state index contributed by atoms with van der Waals surface area (Å²) in [5.74, 6) is 0.661. The molecule has 0 aliphatic carbocycles. The van der Waals surface area contributed by atoms with Gasteiger partial charge in [0.05, 0.1) is 5.69 Å². The highest BCUT2D eigenvalue weighted by molar-refractivity contribution is 7.13. The smallest absolute Gasteiger partial charge is 0.267 e. The van der Waals surface area contributed by atoms with Crippen LogP contribution in [0.5, 0.6) is 5.75 Å². The van der Waals surface area contributed by atoms with Crippen molar-refractivity contribution in [3.63, 3.8) is 0 Å². The SMILES string of the molecule is Cc1csc(NC(=O)[C@H]2Cc3ccccc3O2)n1. The van der Waals surface area contributed by atoms with Gasteiger partial charge in [0.1, 0.15) is 5.75 Å². The second-order valence-electron chi connectivity index (χ2n) is 4.20. The molecule has 0 spiro atoms. The first-order chi connectivity index (χ1) is 8.72. The number of hydrogen-bond donors (Lipinski definition) is 1. The summed E-state index contributed by atoms with van der Waals surface area (Å²) in [5.41, 5.74) is 1.99. The molecule has 1 aromatic heterocycles. The molecule has 5 heteroatoms. The predicted molar refractivity (Wildman–Crippen MR) is 70.0 cm³/mol. The minimum atomic E-state index is -0.452. The van der Waals surface area contributed by atoms with E-state index in [1.165, 1.54) is 11.3 Å². The summed E-state index contributed by atoms with van der Waals surface area (Å²) in [6, 6.07) is 7.72. The number of carbonyl (C=O) groups excluding carboxylic acids is 1. The summed E-state index contributed by atoms with van der Waals surface area (Å²) in [6.07, 6.45) is 0.165. The lowest BCUT2D eigenvalue weighted by atomic mass is 10.1. The summed E-state index contributed by atoms with van der Waals surface area (Å²) >= 11 is 1.42. The number of para-hydroxylation sites is 1. The lowest BCUT2D eigenvalue weighted by molar-refractivity contribution is -0.122. The predicted octanol–water partition coefficient (Wildman–Crippen LogP) is 2.39. The van der Waals surface area contributed by atoms with Crippen molar-refractivity contribution in [2.24, 2.45) is 0 Å². The van der Waals surface area contributed by atoms with E-state index in [1.54, 1.807) is 0 Å². The van der Waals surface area contributed by atoms with Crippen molar-refractivity contribution in [1.29, 1.82) is 0 Å². The number of anilines is 1. The van der Waals surface area contributed by atoms with Crippen molar-refractivity contribution in [3.05, 3.63) is 40.9 Å². The van der Waals surface area contributed by atoms with Gasteiger partial charge in [-0.25, -0.2) is 4.98 Å². The number of thiazole rings is 1. The van der Waals surface area contributed by atoms with E-state index < -0.39 is 6.10 Å². The highest BCUT2D eigenvalue weighted by Gasteiger charge is 2.29. The summed E-state index contributed by atoms with van der Waals surface area (Å²) in [6.45, 7) is 1.90. The summed E-state index contributed by atoms with van der Waals surface area (Å²) < 4.78 is 5.61. The maximum Gasteiger partial charge on any atom is 0.267 e. The van der Waals surface area contributed by atoms with E-state index >= 15 is 0 Å². The number of benzene rings is 1. The Balaban J connectivity index is 1.69. The van der Waals surface area contributed by atoms with Gasteiger partial charge in [0.25, 0.3) is 5.91 Å². The Hall–Kier alpha value is -1.88. The molecule has 18 heavy (non-hydrogen) atoms. The molecule has 1 aliphatic rings.